The molecule has 1 aromatic heterocycles. The van der Waals surface area contributed by atoms with Gasteiger partial charge < -0.3 is 14.6 Å². The highest BCUT2D eigenvalue weighted by Crippen LogP contribution is 2.40. The summed E-state index contributed by atoms with van der Waals surface area (Å²) in [5.74, 6) is -0.736. The zero-order chi connectivity index (χ0) is 19.8. The Hall–Kier alpha value is -2.20. The first-order valence-electron chi connectivity index (χ1n) is 7.65. The standard InChI is InChI=1S/C16H13ClF3N3O3S/c1-23-12(17)6-21-13(23)7-26-14(24)5-11-15(25)22-9-4-8(16(18,19)20)2-3-10(9)27-11/h2-4,6,11H,5,7H2,1H3,(H,22,25)/t11-/m1/s1. The van der Waals surface area contributed by atoms with Crippen LogP contribution >= 0.6 is 23.4 Å². The van der Waals surface area contributed by atoms with E-state index >= 15 is 0 Å². The van der Waals surface area contributed by atoms with E-state index in [4.69, 9.17) is 16.3 Å². The number of imidazole rings is 1. The smallest absolute Gasteiger partial charge is 0.416 e. The Labute approximate surface area is 161 Å². The second-order valence-electron chi connectivity index (χ2n) is 5.73. The van der Waals surface area contributed by atoms with Gasteiger partial charge in [0, 0.05) is 11.9 Å². The Morgan fingerprint density at radius 2 is 2.19 bits per heavy atom. The number of thioether (sulfide) groups is 1. The fourth-order valence-corrected chi connectivity index (χ4v) is 3.60. The van der Waals surface area contributed by atoms with Gasteiger partial charge in [-0.15, -0.1) is 11.8 Å². The number of nitrogens with one attached hydrogen (secondary N) is 1. The van der Waals surface area contributed by atoms with Crippen molar-refractivity contribution >= 4 is 40.9 Å². The minimum Gasteiger partial charge on any atom is -0.457 e. The number of carbonyl (C=O) groups excluding carboxylic acids is 2. The van der Waals surface area contributed by atoms with Gasteiger partial charge in [-0.25, -0.2) is 4.98 Å². The Morgan fingerprint density at radius 1 is 1.44 bits per heavy atom. The van der Waals surface area contributed by atoms with Gasteiger partial charge in [0.25, 0.3) is 0 Å². The molecule has 144 valence electrons. The summed E-state index contributed by atoms with van der Waals surface area (Å²) >= 11 is 6.86. The van der Waals surface area contributed by atoms with E-state index in [2.05, 4.69) is 10.3 Å². The average Bonchev–Trinajstić information content (AvgIpc) is 2.91. The molecule has 2 heterocycles. The summed E-state index contributed by atoms with van der Waals surface area (Å²) in [6.07, 6.45) is -3.31. The van der Waals surface area contributed by atoms with Crippen LogP contribution in [0.1, 0.15) is 17.8 Å². The molecule has 0 fully saturated rings. The topological polar surface area (TPSA) is 73.2 Å². The van der Waals surface area contributed by atoms with Crippen LogP contribution in [0.15, 0.2) is 29.3 Å². The summed E-state index contributed by atoms with van der Waals surface area (Å²) in [5.41, 5.74) is -0.777. The molecule has 11 heteroatoms. The number of aromatic nitrogens is 2. The molecule has 0 radical (unpaired) electrons. The molecule has 0 unspecified atom stereocenters. The predicted molar refractivity (Wildman–Crippen MR) is 92.3 cm³/mol. The van der Waals surface area contributed by atoms with Gasteiger partial charge >= 0.3 is 12.1 Å². The van der Waals surface area contributed by atoms with E-state index in [0.29, 0.717) is 15.9 Å². The van der Waals surface area contributed by atoms with E-state index in [0.717, 1.165) is 23.9 Å². The van der Waals surface area contributed by atoms with Crippen LogP contribution in [0.2, 0.25) is 5.15 Å². The minimum absolute atomic E-state index is 0.0760. The van der Waals surface area contributed by atoms with Gasteiger partial charge in [-0.1, -0.05) is 11.6 Å². The molecule has 1 amide bonds. The van der Waals surface area contributed by atoms with Crippen molar-refractivity contribution in [1.29, 1.82) is 0 Å². The van der Waals surface area contributed by atoms with Gasteiger partial charge in [0.05, 0.1) is 29.1 Å². The summed E-state index contributed by atoms with van der Waals surface area (Å²) in [4.78, 5) is 28.6. The molecule has 0 bridgehead atoms. The Kier molecular flexibility index (Phi) is 5.38. The highest BCUT2D eigenvalue weighted by atomic mass is 35.5. The van der Waals surface area contributed by atoms with Crippen LogP contribution in [0.3, 0.4) is 0 Å². The molecule has 2 aromatic rings. The molecular weight excluding hydrogens is 407 g/mol. The summed E-state index contributed by atoms with van der Waals surface area (Å²) < 4.78 is 44.9. The van der Waals surface area contributed by atoms with Crippen molar-refractivity contribution in [2.45, 2.75) is 29.3 Å². The van der Waals surface area contributed by atoms with E-state index < -0.39 is 28.9 Å². The van der Waals surface area contributed by atoms with Crippen LogP contribution in [0, 0.1) is 0 Å². The lowest BCUT2D eigenvalue weighted by molar-refractivity contribution is -0.146. The number of amides is 1. The number of anilines is 1. The summed E-state index contributed by atoms with van der Waals surface area (Å²) in [6, 6.07) is 3.08. The quantitative estimate of drug-likeness (QED) is 0.766. The lowest BCUT2D eigenvalue weighted by atomic mass is 10.1. The fraction of sp³-hybridized carbons (Fsp3) is 0.312. The van der Waals surface area contributed by atoms with Crippen LogP contribution in [0.4, 0.5) is 18.9 Å². The molecule has 0 spiro atoms. The first-order chi connectivity index (χ1) is 12.6. The van der Waals surface area contributed by atoms with Gasteiger partial charge in [-0.3, -0.25) is 9.59 Å². The lowest BCUT2D eigenvalue weighted by Gasteiger charge is -2.24. The number of benzene rings is 1. The molecule has 0 saturated carbocycles. The maximum Gasteiger partial charge on any atom is 0.416 e. The third-order valence-electron chi connectivity index (χ3n) is 3.87. The monoisotopic (exact) mass is 419 g/mol. The SMILES string of the molecule is Cn1c(Cl)cnc1COC(=O)C[C@H]1Sc2ccc(C(F)(F)F)cc2NC1=O. The highest BCUT2D eigenvalue weighted by Gasteiger charge is 2.34. The molecule has 1 aromatic carbocycles. The third kappa shape index (κ3) is 4.38. The molecular formula is C16H13ClF3N3O3S. The Balaban J connectivity index is 1.62. The number of rotatable bonds is 4. The predicted octanol–water partition coefficient (Wildman–Crippen LogP) is 3.64. The number of hydrogen-bond acceptors (Lipinski definition) is 5. The fourth-order valence-electron chi connectivity index (χ4n) is 2.37. The Bertz CT molecular complexity index is 901. The maximum atomic E-state index is 12.8. The van der Waals surface area contributed by atoms with E-state index in [1.54, 1.807) is 11.6 Å². The second-order valence-corrected chi connectivity index (χ2v) is 7.36. The van der Waals surface area contributed by atoms with Gasteiger partial charge in [-0.05, 0) is 18.2 Å². The molecule has 27 heavy (non-hydrogen) atoms. The first kappa shape index (κ1) is 19.6. The Morgan fingerprint density at radius 3 is 2.81 bits per heavy atom. The molecule has 1 atom stereocenters. The zero-order valence-corrected chi connectivity index (χ0v) is 15.4. The first-order valence-corrected chi connectivity index (χ1v) is 8.91. The van der Waals surface area contributed by atoms with Gasteiger partial charge in [-0.2, -0.15) is 13.2 Å². The van der Waals surface area contributed by atoms with Crippen molar-refractivity contribution in [1.82, 2.24) is 9.55 Å². The molecule has 0 saturated heterocycles. The zero-order valence-electron chi connectivity index (χ0n) is 13.8. The van der Waals surface area contributed by atoms with Crippen LogP contribution in [-0.4, -0.2) is 26.7 Å². The van der Waals surface area contributed by atoms with Crippen molar-refractivity contribution in [2.75, 3.05) is 5.32 Å². The number of nitrogens with zero attached hydrogens (tertiary/aromatic N) is 2. The number of alkyl halides is 3. The largest absolute Gasteiger partial charge is 0.457 e. The number of fused-ring (bicyclic) bond motifs is 1. The number of hydrogen-bond donors (Lipinski definition) is 1. The third-order valence-corrected chi connectivity index (χ3v) is 5.49. The summed E-state index contributed by atoms with van der Waals surface area (Å²) in [6.45, 7) is -0.105. The molecule has 3 rings (SSSR count). The van der Waals surface area contributed by atoms with Gasteiger partial charge in [0.15, 0.2) is 0 Å². The maximum absolute atomic E-state index is 12.8. The molecule has 1 N–H and O–H groups in total. The van der Waals surface area contributed by atoms with Crippen molar-refractivity contribution in [3.05, 3.63) is 40.9 Å². The molecule has 6 nitrogen and oxygen atoms in total. The second kappa shape index (κ2) is 7.43. The van der Waals surface area contributed by atoms with Crippen molar-refractivity contribution in [2.24, 2.45) is 7.05 Å². The van der Waals surface area contributed by atoms with Crippen LogP contribution in [-0.2, 0) is 34.2 Å². The van der Waals surface area contributed by atoms with Gasteiger partial charge in [0.1, 0.15) is 17.6 Å². The molecule has 0 aliphatic carbocycles. The average molecular weight is 420 g/mol. The lowest BCUT2D eigenvalue weighted by Crippen LogP contribution is -2.31. The minimum atomic E-state index is -4.50. The summed E-state index contributed by atoms with van der Waals surface area (Å²) in [7, 11) is 1.66. The van der Waals surface area contributed by atoms with E-state index in [1.165, 1.54) is 12.3 Å². The van der Waals surface area contributed by atoms with E-state index in [-0.39, 0.29) is 18.7 Å². The van der Waals surface area contributed by atoms with E-state index in [9.17, 15) is 22.8 Å². The van der Waals surface area contributed by atoms with Crippen LogP contribution in [0.5, 0.6) is 0 Å². The van der Waals surface area contributed by atoms with Gasteiger partial charge in [0.2, 0.25) is 5.91 Å². The van der Waals surface area contributed by atoms with Crippen molar-refractivity contribution in [3.63, 3.8) is 0 Å². The van der Waals surface area contributed by atoms with Crippen molar-refractivity contribution in [3.8, 4) is 0 Å². The van der Waals surface area contributed by atoms with Crippen LogP contribution < -0.4 is 5.32 Å². The molecule has 1 aliphatic heterocycles. The number of halogens is 4. The number of esters is 1. The van der Waals surface area contributed by atoms with E-state index in [1.807, 2.05) is 0 Å². The highest BCUT2D eigenvalue weighted by molar-refractivity contribution is 8.01. The number of ether oxygens (including phenoxy) is 1. The normalized spacial score (nSPS) is 16.6. The summed E-state index contributed by atoms with van der Waals surface area (Å²) in [5, 5.41) is 2.00. The van der Waals surface area contributed by atoms with Crippen LogP contribution in [0.25, 0.3) is 0 Å². The molecule has 1 aliphatic rings. The number of carbonyl (C=O) groups is 2. The van der Waals surface area contributed by atoms with Crippen molar-refractivity contribution < 1.29 is 27.5 Å².